The number of aliphatic hydroxyl groups excluding tert-OH is 1. The van der Waals surface area contributed by atoms with Crippen LogP contribution in [0.3, 0.4) is 0 Å². The van der Waals surface area contributed by atoms with Gasteiger partial charge in [-0.1, -0.05) is 11.6 Å². The van der Waals surface area contributed by atoms with Gasteiger partial charge in [0.25, 0.3) is 0 Å². The van der Waals surface area contributed by atoms with Crippen LogP contribution in [0.4, 0.5) is 0 Å². The van der Waals surface area contributed by atoms with E-state index >= 15 is 0 Å². The van der Waals surface area contributed by atoms with E-state index in [0.29, 0.717) is 11.4 Å². The van der Waals surface area contributed by atoms with Gasteiger partial charge in [-0.25, -0.2) is 0 Å². The molecule has 0 aliphatic carbocycles. The molecule has 5 nitrogen and oxygen atoms in total. The number of aromatic nitrogens is 4. The Kier molecular flexibility index (Phi) is 3.73. The van der Waals surface area contributed by atoms with E-state index in [1.54, 1.807) is 16.9 Å². The lowest BCUT2D eigenvalue weighted by atomic mass is 10.1. The molecule has 1 atom stereocenters. The van der Waals surface area contributed by atoms with Crippen molar-refractivity contribution < 1.29 is 5.11 Å². The molecule has 0 bridgehead atoms. The van der Waals surface area contributed by atoms with Crippen LogP contribution in [0.1, 0.15) is 30.1 Å². The summed E-state index contributed by atoms with van der Waals surface area (Å²) in [5.41, 5.74) is 2.43. The summed E-state index contributed by atoms with van der Waals surface area (Å²) in [5.74, 6) is 0. The van der Waals surface area contributed by atoms with Gasteiger partial charge in [-0.2, -0.15) is 10.2 Å². The summed E-state index contributed by atoms with van der Waals surface area (Å²) in [6, 6.07) is 1.80. The summed E-state index contributed by atoms with van der Waals surface area (Å²) in [6.07, 6.45) is 1.48. The molecule has 0 aliphatic heterocycles. The zero-order chi connectivity index (χ0) is 13.3. The Hall–Kier alpha value is -1.33. The van der Waals surface area contributed by atoms with Gasteiger partial charge in [0.15, 0.2) is 0 Å². The van der Waals surface area contributed by atoms with Crippen molar-refractivity contribution in [2.24, 2.45) is 7.05 Å². The van der Waals surface area contributed by atoms with Gasteiger partial charge >= 0.3 is 0 Å². The van der Waals surface area contributed by atoms with Crippen LogP contribution in [-0.2, 0) is 20.0 Å². The van der Waals surface area contributed by atoms with E-state index in [1.807, 2.05) is 25.6 Å². The molecule has 0 amide bonds. The number of hydrogen-bond donors (Lipinski definition) is 1. The van der Waals surface area contributed by atoms with Gasteiger partial charge in [-0.15, -0.1) is 0 Å². The molecule has 2 heterocycles. The molecule has 2 rings (SSSR count). The number of aliphatic hydroxyl groups is 1. The van der Waals surface area contributed by atoms with Crippen molar-refractivity contribution >= 4 is 11.6 Å². The molecule has 0 aromatic carbocycles. The Morgan fingerprint density at radius 2 is 2.22 bits per heavy atom. The third-order valence-corrected chi connectivity index (χ3v) is 3.53. The smallest absolute Gasteiger partial charge is 0.101 e. The van der Waals surface area contributed by atoms with Gasteiger partial charge in [0.2, 0.25) is 0 Å². The third-order valence-electron chi connectivity index (χ3n) is 3.04. The first-order valence-corrected chi connectivity index (χ1v) is 6.30. The fourth-order valence-electron chi connectivity index (χ4n) is 2.06. The maximum atomic E-state index is 10.2. The Bertz CT molecular complexity index is 546. The van der Waals surface area contributed by atoms with Crippen molar-refractivity contribution in [2.45, 2.75) is 32.9 Å². The fourth-order valence-corrected chi connectivity index (χ4v) is 2.28. The zero-order valence-corrected chi connectivity index (χ0v) is 11.5. The molecule has 0 aliphatic rings. The monoisotopic (exact) mass is 268 g/mol. The van der Waals surface area contributed by atoms with Gasteiger partial charge in [0.05, 0.1) is 22.1 Å². The molecule has 0 saturated heterocycles. The molecule has 0 spiro atoms. The average molecular weight is 269 g/mol. The molecular weight excluding hydrogens is 252 g/mol. The summed E-state index contributed by atoms with van der Waals surface area (Å²) < 4.78 is 3.50. The summed E-state index contributed by atoms with van der Waals surface area (Å²) in [4.78, 5) is 0. The van der Waals surface area contributed by atoms with E-state index in [-0.39, 0.29) is 0 Å². The third kappa shape index (κ3) is 2.28. The van der Waals surface area contributed by atoms with Crippen molar-refractivity contribution in [1.29, 1.82) is 0 Å². The maximum Gasteiger partial charge on any atom is 0.101 e. The second-order valence-corrected chi connectivity index (χ2v) is 4.64. The highest BCUT2D eigenvalue weighted by atomic mass is 35.5. The van der Waals surface area contributed by atoms with Gasteiger partial charge in [0, 0.05) is 26.2 Å². The standard InChI is InChI=1S/C12H17ClN4O/c1-4-17-10(12(13)8(2)15-17)7-11(18)9-5-6-14-16(9)3/h5-6,11,18H,4,7H2,1-3H3. The first-order valence-electron chi connectivity index (χ1n) is 5.92. The van der Waals surface area contributed by atoms with Crippen LogP contribution in [0.2, 0.25) is 5.02 Å². The lowest BCUT2D eigenvalue weighted by Crippen LogP contribution is -2.11. The SMILES string of the molecule is CCn1nc(C)c(Cl)c1CC(O)c1ccnn1C. The number of hydrogen-bond acceptors (Lipinski definition) is 3. The topological polar surface area (TPSA) is 55.9 Å². The van der Waals surface area contributed by atoms with E-state index in [2.05, 4.69) is 10.2 Å². The first kappa shape index (κ1) is 13.1. The highest BCUT2D eigenvalue weighted by Gasteiger charge is 2.19. The molecule has 6 heteroatoms. The Balaban J connectivity index is 2.27. The van der Waals surface area contributed by atoms with Crippen LogP contribution in [0.15, 0.2) is 12.3 Å². The molecular formula is C12H17ClN4O. The minimum atomic E-state index is -0.628. The molecule has 0 radical (unpaired) electrons. The molecule has 0 saturated carbocycles. The molecule has 1 N–H and O–H groups in total. The lowest BCUT2D eigenvalue weighted by molar-refractivity contribution is 0.165. The van der Waals surface area contributed by atoms with E-state index in [4.69, 9.17) is 11.6 Å². The van der Waals surface area contributed by atoms with E-state index < -0.39 is 6.10 Å². The Morgan fingerprint density at radius 3 is 2.78 bits per heavy atom. The first-order chi connectivity index (χ1) is 8.54. The number of halogens is 1. The van der Waals surface area contributed by atoms with Crippen LogP contribution in [-0.4, -0.2) is 24.7 Å². The summed E-state index contributed by atoms with van der Waals surface area (Å²) in [6.45, 7) is 4.61. The Labute approximate surface area is 111 Å². The van der Waals surface area contributed by atoms with Crippen LogP contribution in [0, 0.1) is 6.92 Å². The van der Waals surface area contributed by atoms with Crippen molar-refractivity contribution in [3.63, 3.8) is 0 Å². The zero-order valence-electron chi connectivity index (χ0n) is 10.8. The molecule has 18 heavy (non-hydrogen) atoms. The van der Waals surface area contributed by atoms with Crippen LogP contribution in [0.5, 0.6) is 0 Å². The second-order valence-electron chi connectivity index (χ2n) is 4.26. The molecule has 2 aromatic rings. The average Bonchev–Trinajstić information content (AvgIpc) is 2.87. The van der Waals surface area contributed by atoms with Crippen molar-refractivity contribution in [2.75, 3.05) is 0 Å². The highest BCUT2D eigenvalue weighted by molar-refractivity contribution is 6.31. The van der Waals surface area contributed by atoms with Gasteiger partial charge in [0.1, 0.15) is 6.10 Å². The summed E-state index contributed by atoms with van der Waals surface area (Å²) in [7, 11) is 1.81. The molecule has 1 unspecified atom stereocenters. The molecule has 2 aromatic heterocycles. The van der Waals surface area contributed by atoms with E-state index in [1.165, 1.54) is 0 Å². The largest absolute Gasteiger partial charge is 0.386 e. The predicted molar refractivity (Wildman–Crippen MR) is 69.5 cm³/mol. The summed E-state index contributed by atoms with van der Waals surface area (Å²) >= 11 is 6.22. The van der Waals surface area contributed by atoms with Crippen molar-refractivity contribution in [1.82, 2.24) is 19.6 Å². The van der Waals surface area contributed by atoms with Gasteiger partial charge in [-0.3, -0.25) is 9.36 Å². The molecule has 0 fully saturated rings. The predicted octanol–water partition coefficient (Wildman–Crippen LogP) is 1.87. The maximum absolute atomic E-state index is 10.2. The number of nitrogens with zero attached hydrogens (tertiary/aromatic N) is 4. The fraction of sp³-hybridized carbons (Fsp3) is 0.500. The van der Waals surface area contributed by atoms with Crippen LogP contribution < -0.4 is 0 Å². The minimum absolute atomic E-state index is 0.438. The van der Waals surface area contributed by atoms with E-state index in [9.17, 15) is 5.11 Å². The highest BCUT2D eigenvalue weighted by Crippen LogP contribution is 2.25. The Morgan fingerprint density at radius 1 is 1.50 bits per heavy atom. The van der Waals surface area contributed by atoms with E-state index in [0.717, 1.165) is 23.6 Å². The number of aryl methyl sites for hydroxylation is 3. The normalized spacial score (nSPS) is 12.9. The second kappa shape index (κ2) is 5.12. The van der Waals surface area contributed by atoms with Gasteiger partial charge < -0.3 is 5.11 Å². The quantitative estimate of drug-likeness (QED) is 0.921. The minimum Gasteiger partial charge on any atom is -0.386 e. The molecule has 98 valence electrons. The van der Waals surface area contributed by atoms with Crippen LogP contribution in [0.25, 0.3) is 0 Å². The number of rotatable bonds is 4. The van der Waals surface area contributed by atoms with Crippen LogP contribution >= 0.6 is 11.6 Å². The van der Waals surface area contributed by atoms with Crippen molar-refractivity contribution in [3.05, 3.63) is 34.4 Å². The van der Waals surface area contributed by atoms with Crippen molar-refractivity contribution in [3.8, 4) is 0 Å². The lowest BCUT2D eigenvalue weighted by Gasteiger charge is -2.12. The summed E-state index contributed by atoms with van der Waals surface area (Å²) in [5, 5.41) is 19.3. The van der Waals surface area contributed by atoms with Gasteiger partial charge in [-0.05, 0) is 19.9 Å².